The zero-order valence-electron chi connectivity index (χ0n) is 10.6. The van der Waals surface area contributed by atoms with Crippen molar-refractivity contribution in [1.29, 1.82) is 0 Å². The molecule has 0 heterocycles. The third-order valence-electron chi connectivity index (χ3n) is 2.27. The van der Waals surface area contributed by atoms with Crippen LogP contribution in [0.3, 0.4) is 0 Å². The fourth-order valence-electron chi connectivity index (χ4n) is 1.52. The van der Waals surface area contributed by atoms with Gasteiger partial charge in [0.15, 0.2) is 0 Å². The molecule has 0 fully saturated rings. The van der Waals surface area contributed by atoms with E-state index in [1.165, 1.54) is 0 Å². The second kappa shape index (κ2) is 5.29. The number of esters is 1. The van der Waals surface area contributed by atoms with E-state index in [2.05, 4.69) is 0 Å². The van der Waals surface area contributed by atoms with Gasteiger partial charge in [0.05, 0.1) is 0 Å². The number of rotatable bonds is 3. The Hall–Kier alpha value is -1.39. The number of carbonyl (C=O) groups excluding carboxylic acids is 1. The molecule has 4 heteroatoms. The maximum Gasteiger partial charge on any atom is 0.328 e. The second-order valence-electron chi connectivity index (χ2n) is 4.91. The summed E-state index contributed by atoms with van der Waals surface area (Å²) < 4.78 is 5.25. The van der Waals surface area contributed by atoms with Crippen LogP contribution in [0.2, 0.25) is 0 Å². The Balaban J connectivity index is 2.89. The van der Waals surface area contributed by atoms with E-state index in [1.807, 2.05) is 39.0 Å². The van der Waals surface area contributed by atoms with Gasteiger partial charge < -0.3 is 16.2 Å². The predicted octanol–water partition coefficient (Wildman–Crippen LogP) is 1.49. The number of carbonyl (C=O) groups is 1. The van der Waals surface area contributed by atoms with Gasteiger partial charge >= 0.3 is 5.97 Å². The quantitative estimate of drug-likeness (QED) is 0.779. The van der Waals surface area contributed by atoms with Crippen molar-refractivity contribution in [2.45, 2.75) is 39.0 Å². The zero-order valence-corrected chi connectivity index (χ0v) is 10.6. The van der Waals surface area contributed by atoms with Gasteiger partial charge in [-0.15, -0.1) is 0 Å². The molecular weight excluding hydrogens is 216 g/mol. The van der Waals surface area contributed by atoms with E-state index in [9.17, 15) is 4.79 Å². The van der Waals surface area contributed by atoms with E-state index in [0.717, 1.165) is 11.1 Å². The summed E-state index contributed by atoms with van der Waals surface area (Å²) in [6.07, 6.45) is 0. The Kier molecular flexibility index (Phi) is 4.26. The molecule has 0 spiro atoms. The van der Waals surface area contributed by atoms with E-state index in [-0.39, 0.29) is 0 Å². The topological polar surface area (TPSA) is 78.3 Å². The molecule has 0 aliphatic rings. The molecule has 4 N–H and O–H groups in total. The summed E-state index contributed by atoms with van der Waals surface area (Å²) in [6, 6.07) is 6.58. The molecule has 0 saturated carbocycles. The Morgan fingerprint density at radius 2 is 1.94 bits per heavy atom. The minimum Gasteiger partial charge on any atom is -0.459 e. The summed E-state index contributed by atoms with van der Waals surface area (Å²) in [7, 11) is 0. The van der Waals surface area contributed by atoms with Gasteiger partial charge in [-0.1, -0.05) is 24.3 Å². The molecule has 17 heavy (non-hydrogen) atoms. The zero-order chi connectivity index (χ0) is 13.1. The third-order valence-corrected chi connectivity index (χ3v) is 2.27. The van der Waals surface area contributed by atoms with E-state index < -0.39 is 17.6 Å². The summed E-state index contributed by atoms with van der Waals surface area (Å²) in [4.78, 5) is 11.8. The van der Waals surface area contributed by atoms with Gasteiger partial charge in [-0.3, -0.25) is 0 Å². The Morgan fingerprint density at radius 3 is 2.47 bits per heavy atom. The highest BCUT2D eigenvalue weighted by Crippen LogP contribution is 2.19. The van der Waals surface area contributed by atoms with Crippen LogP contribution in [0.5, 0.6) is 0 Å². The molecule has 94 valence electrons. The van der Waals surface area contributed by atoms with Crippen LogP contribution < -0.4 is 11.5 Å². The second-order valence-corrected chi connectivity index (χ2v) is 4.91. The van der Waals surface area contributed by atoms with Gasteiger partial charge in [0.2, 0.25) is 0 Å². The first-order valence-corrected chi connectivity index (χ1v) is 5.61. The molecule has 0 saturated heterocycles. The lowest BCUT2D eigenvalue weighted by Crippen LogP contribution is -2.32. The molecule has 0 aliphatic carbocycles. The largest absolute Gasteiger partial charge is 0.459 e. The molecular formula is C13H20N2O2. The molecule has 4 nitrogen and oxygen atoms in total. The number of nitrogens with two attached hydrogens (primary N) is 2. The average Bonchev–Trinajstić information content (AvgIpc) is 2.25. The van der Waals surface area contributed by atoms with Crippen LogP contribution in [0.1, 0.15) is 37.9 Å². The van der Waals surface area contributed by atoms with Gasteiger partial charge in [0, 0.05) is 6.54 Å². The fraction of sp³-hybridized carbons (Fsp3) is 0.462. The molecule has 1 aromatic carbocycles. The molecule has 0 bridgehead atoms. The monoisotopic (exact) mass is 236 g/mol. The van der Waals surface area contributed by atoms with E-state index >= 15 is 0 Å². The summed E-state index contributed by atoms with van der Waals surface area (Å²) in [5, 5.41) is 0. The number of benzene rings is 1. The highest BCUT2D eigenvalue weighted by molar-refractivity contribution is 5.78. The lowest BCUT2D eigenvalue weighted by molar-refractivity contribution is -0.156. The summed E-state index contributed by atoms with van der Waals surface area (Å²) in [5.74, 6) is -0.432. The van der Waals surface area contributed by atoms with Crippen molar-refractivity contribution in [1.82, 2.24) is 0 Å². The smallest absolute Gasteiger partial charge is 0.328 e. The normalized spacial score (nSPS) is 13.2. The first-order chi connectivity index (χ1) is 7.85. The molecule has 1 unspecified atom stereocenters. The minimum atomic E-state index is -0.783. The van der Waals surface area contributed by atoms with Crippen LogP contribution in [0.25, 0.3) is 0 Å². The van der Waals surface area contributed by atoms with Gasteiger partial charge in [0.25, 0.3) is 0 Å². The van der Waals surface area contributed by atoms with Crippen LogP contribution in [-0.4, -0.2) is 11.6 Å². The van der Waals surface area contributed by atoms with Gasteiger partial charge in [-0.2, -0.15) is 0 Å². The lowest BCUT2D eigenvalue weighted by atomic mass is 10.0. The molecule has 0 aliphatic heterocycles. The van der Waals surface area contributed by atoms with E-state index in [0.29, 0.717) is 6.54 Å². The highest BCUT2D eigenvalue weighted by Gasteiger charge is 2.24. The highest BCUT2D eigenvalue weighted by atomic mass is 16.6. The summed E-state index contributed by atoms with van der Waals surface area (Å²) >= 11 is 0. The third kappa shape index (κ3) is 3.84. The average molecular weight is 236 g/mol. The standard InChI is InChI=1S/C13H20N2O2/c1-13(2,3)17-12(16)11(15)10-7-5-4-6-9(10)8-14/h4-7,11H,8,14-15H2,1-3H3. The van der Waals surface area contributed by atoms with Crippen molar-refractivity contribution < 1.29 is 9.53 Å². The fourth-order valence-corrected chi connectivity index (χ4v) is 1.52. The van der Waals surface area contributed by atoms with E-state index in [4.69, 9.17) is 16.2 Å². The summed E-state index contributed by atoms with van der Waals surface area (Å²) in [5.41, 5.74) is 12.6. The van der Waals surface area contributed by atoms with Crippen LogP contribution in [0.4, 0.5) is 0 Å². The molecule has 0 radical (unpaired) electrons. The number of hydrogen-bond donors (Lipinski definition) is 2. The minimum absolute atomic E-state index is 0.354. The van der Waals surface area contributed by atoms with Crippen molar-refractivity contribution in [2.75, 3.05) is 0 Å². The molecule has 1 aromatic rings. The van der Waals surface area contributed by atoms with Crippen molar-refractivity contribution in [2.24, 2.45) is 11.5 Å². The molecule has 0 amide bonds. The van der Waals surface area contributed by atoms with Gasteiger partial charge in [-0.25, -0.2) is 4.79 Å². The lowest BCUT2D eigenvalue weighted by Gasteiger charge is -2.23. The number of hydrogen-bond acceptors (Lipinski definition) is 4. The van der Waals surface area contributed by atoms with Crippen LogP contribution in [0.15, 0.2) is 24.3 Å². The van der Waals surface area contributed by atoms with Crippen molar-refractivity contribution in [3.05, 3.63) is 35.4 Å². The number of ether oxygens (including phenoxy) is 1. The Morgan fingerprint density at radius 1 is 1.35 bits per heavy atom. The first-order valence-electron chi connectivity index (χ1n) is 5.61. The van der Waals surface area contributed by atoms with Crippen molar-refractivity contribution in [3.63, 3.8) is 0 Å². The maximum absolute atomic E-state index is 11.8. The predicted molar refractivity (Wildman–Crippen MR) is 67.1 cm³/mol. The van der Waals surface area contributed by atoms with Crippen molar-refractivity contribution >= 4 is 5.97 Å². The van der Waals surface area contributed by atoms with Crippen LogP contribution >= 0.6 is 0 Å². The van der Waals surface area contributed by atoms with Crippen molar-refractivity contribution in [3.8, 4) is 0 Å². The SMILES string of the molecule is CC(C)(C)OC(=O)C(N)c1ccccc1CN. The van der Waals surface area contributed by atoms with E-state index in [1.54, 1.807) is 6.07 Å². The van der Waals surface area contributed by atoms with Crippen LogP contribution in [0, 0.1) is 0 Å². The maximum atomic E-state index is 11.8. The van der Waals surface area contributed by atoms with Crippen LogP contribution in [-0.2, 0) is 16.1 Å². The van der Waals surface area contributed by atoms with Gasteiger partial charge in [-0.05, 0) is 31.9 Å². The molecule has 1 atom stereocenters. The molecule has 1 rings (SSSR count). The Bertz CT molecular complexity index is 397. The summed E-state index contributed by atoms with van der Waals surface area (Å²) in [6.45, 7) is 5.79. The van der Waals surface area contributed by atoms with Gasteiger partial charge in [0.1, 0.15) is 11.6 Å². The Labute approximate surface area is 102 Å². The first kappa shape index (κ1) is 13.7. The molecule has 0 aromatic heterocycles.